The van der Waals surface area contributed by atoms with Crippen molar-refractivity contribution in [1.82, 2.24) is 4.98 Å². The second-order valence-electron chi connectivity index (χ2n) is 5.56. The largest absolute Gasteiger partial charge is 0.381 e. The lowest BCUT2D eigenvalue weighted by atomic mass is 9.64. The van der Waals surface area contributed by atoms with Crippen molar-refractivity contribution >= 4 is 11.5 Å². The van der Waals surface area contributed by atoms with E-state index in [1.54, 1.807) is 26.3 Å². The highest BCUT2D eigenvalue weighted by Crippen LogP contribution is 2.44. The summed E-state index contributed by atoms with van der Waals surface area (Å²) < 4.78 is 5.38. The predicted molar refractivity (Wildman–Crippen MR) is 72.2 cm³/mol. The first kappa shape index (κ1) is 13.7. The smallest absolute Gasteiger partial charge is 0.314 e. The van der Waals surface area contributed by atoms with Crippen molar-refractivity contribution in [3.63, 3.8) is 0 Å². The predicted octanol–water partition coefficient (Wildman–Crippen LogP) is 2.52. The molecule has 1 aliphatic rings. The Morgan fingerprint density at radius 1 is 1.58 bits per heavy atom. The summed E-state index contributed by atoms with van der Waals surface area (Å²) in [6, 6.07) is 1.78. The third kappa shape index (κ3) is 2.28. The van der Waals surface area contributed by atoms with Crippen molar-refractivity contribution in [2.24, 2.45) is 5.41 Å². The third-order valence-corrected chi connectivity index (χ3v) is 4.08. The van der Waals surface area contributed by atoms with Crippen molar-refractivity contribution in [3.8, 4) is 0 Å². The van der Waals surface area contributed by atoms with E-state index in [0.717, 1.165) is 6.42 Å². The van der Waals surface area contributed by atoms with Crippen LogP contribution in [0.1, 0.15) is 25.8 Å². The number of aryl methyl sites for hydroxylation is 1. The average Bonchev–Trinajstić information content (AvgIpc) is 2.33. The lowest BCUT2D eigenvalue weighted by Crippen LogP contribution is -2.57. The number of hydrogen-bond acceptors (Lipinski definition) is 5. The van der Waals surface area contributed by atoms with Gasteiger partial charge in [-0.05, 0) is 19.4 Å². The summed E-state index contributed by atoms with van der Waals surface area (Å²) in [7, 11) is 1.69. The Kier molecular flexibility index (Phi) is 3.45. The molecule has 6 nitrogen and oxygen atoms in total. The average molecular weight is 265 g/mol. The molecule has 6 heteroatoms. The quantitative estimate of drug-likeness (QED) is 0.668. The minimum atomic E-state index is -0.385. The summed E-state index contributed by atoms with van der Waals surface area (Å²) in [4.78, 5) is 14.8. The van der Waals surface area contributed by atoms with E-state index in [-0.39, 0.29) is 28.2 Å². The number of nitrogens with one attached hydrogen (secondary N) is 1. The van der Waals surface area contributed by atoms with Crippen LogP contribution in [0.3, 0.4) is 0 Å². The van der Waals surface area contributed by atoms with Gasteiger partial charge in [-0.3, -0.25) is 10.1 Å². The van der Waals surface area contributed by atoms with Gasteiger partial charge in [-0.25, -0.2) is 4.98 Å². The molecule has 1 heterocycles. The van der Waals surface area contributed by atoms with Crippen LogP contribution in [0.4, 0.5) is 11.5 Å². The van der Waals surface area contributed by atoms with E-state index in [2.05, 4.69) is 24.1 Å². The van der Waals surface area contributed by atoms with Gasteiger partial charge in [0.2, 0.25) is 5.82 Å². The SMILES string of the molecule is COC1CC(Nc2nccc(C)c2[N+](=O)[O-])C1(C)C. The minimum Gasteiger partial charge on any atom is -0.381 e. The molecule has 0 amide bonds. The number of pyridine rings is 1. The zero-order chi connectivity index (χ0) is 14.2. The highest BCUT2D eigenvalue weighted by atomic mass is 16.6. The van der Waals surface area contributed by atoms with Gasteiger partial charge < -0.3 is 10.1 Å². The fourth-order valence-corrected chi connectivity index (χ4v) is 2.58. The van der Waals surface area contributed by atoms with Crippen molar-refractivity contribution < 1.29 is 9.66 Å². The number of nitro groups is 1. The molecule has 19 heavy (non-hydrogen) atoms. The number of ether oxygens (including phenoxy) is 1. The Hall–Kier alpha value is -1.69. The van der Waals surface area contributed by atoms with Gasteiger partial charge in [0.1, 0.15) is 0 Å². The molecule has 1 fully saturated rings. The van der Waals surface area contributed by atoms with Crippen LogP contribution in [-0.2, 0) is 4.74 Å². The van der Waals surface area contributed by atoms with Crippen LogP contribution in [0.15, 0.2) is 12.3 Å². The molecule has 1 aromatic heterocycles. The lowest BCUT2D eigenvalue weighted by molar-refractivity contribution is -0.384. The van der Waals surface area contributed by atoms with Gasteiger partial charge in [0.05, 0.1) is 11.0 Å². The van der Waals surface area contributed by atoms with E-state index < -0.39 is 0 Å². The molecule has 1 aromatic rings. The summed E-state index contributed by atoms with van der Waals surface area (Å²) in [5, 5.41) is 14.3. The molecule has 104 valence electrons. The molecular weight excluding hydrogens is 246 g/mol. The minimum absolute atomic E-state index is 0.0548. The van der Waals surface area contributed by atoms with E-state index in [9.17, 15) is 10.1 Å². The molecule has 2 rings (SSSR count). The van der Waals surface area contributed by atoms with Crippen LogP contribution >= 0.6 is 0 Å². The fourth-order valence-electron chi connectivity index (χ4n) is 2.58. The molecule has 0 spiro atoms. The first-order valence-electron chi connectivity index (χ1n) is 6.27. The van der Waals surface area contributed by atoms with E-state index >= 15 is 0 Å². The lowest BCUT2D eigenvalue weighted by Gasteiger charge is -2.51. The molecule has 0 aliphatic heterocycles. The maximum absolute atomic E-state index is 11.1. The summed E-state index contributed by atoms with van der Waals surface area (Å²) >= 11 is 0. The highest BCUT2D eigenvalue weighted by Gasteiger charge is 2.49. The molecule has 1 aliphatic carbocycles. The summed E-state index contributed by atoms with van der Waals surface area (Å²) in [5.41, 5.74) is 0.607. The molecule has 2 atom stereocenters. The molecule has 0 radical (unpaired) electrons. The first-order chi connectivity index (χ1) is 8.87. The van der Waals surface area contributed by atoms with Gasteiger partial charge in [0.25, 0.3) is 0 Å². The van der Waals surface area contributed by atoms with Gasteiger partial charge in [0, 0.05) is 30.3 Å². The van der Waals surface area contributed by atoms with Gasteiger partial charge in [-0.1, -0.05) is 13.8 Å². The standard InChI is InChI=1S/C13H19N3O3/c1-8-5-6-14-12(11(8)16(17)18)15-9-7-10(19-4)13(9,2)3/h5-6,9-10H,7H2,1-4H3,(H,14,15). The second kappa shape index (κ2) is 4.77. The maximum Gasteiger partial charge on any atom is 0.314 e. The van der Waals surface area contributed by atoms with Crippen LogP contribution in [-0.4, -0.2) is 29.2 Å². The van der Waals surface area contributed by atoms with Gasteiger partial charge in [-0.15, -0.1) is 0 Å². The molecule has 1 N–H and O–H groups in total. The third-order valence-electron chi connectivity index (χ3n) is 4.08. The van der Waals surface area contributed by atoms with Crippen LogP contribution in [0.5, 0.6) is 0 Å². The maximum atomic E-state index is 11.1. The monoisotopic (exact) mass is 265 g/mol. The van der Waals surface area contributed by atoms with Gasteiger partial charge in [-0.2, -0.15) is 0 Å². The van der Waals surface area contributed by atoms with Crippen molar-refractivity contribution in [2.45, 2.75) is 39.3 Å². The topological polar surface area (TPSA) is 77.3 Å². The number of anilines is 1. The van der Waals surface area contributed by atoms with Crippen molar-refractivity contribution in [1.29, 1.82) is 0 Å². The van der Waals surface area contributed by atoms with E-state index in [0.29, 0.717) is 11.4 Å². The molecule has 2 unspecified atom stereocenters. The molecule has 0 saturated heterocycles. The number of methoxy groups -OCH3 is 1. The van der Waals surface area contributed by atoms with E-state index in [4.69, 9.17) is 4.74 Å². The van der Waals surface area contributed by atoms with Gasteiger partial charge in [0.15, 0.2) is 0 Å². The Bertz CT molecular complexity index is 502. The van der Waals surface area contributed by atoms with Crippen molar-refractivity contribution in [2.75, 3.05) is 12.4 Å². The normalized spacial score (nSPS) is 24.6. The zero-order valence-corrected chi connectivity index (χ0v) is 11.6. The van der Waals surface area contributed by atoms with Crippen LogP contribution in [0.25, 0.3) is 0 Å². The number of nitrogens with zero attached hydrogens (tertiary/aromatic N) is 2. The number of aromatic nitrogens is 1. The van der Waals surface area contributed by atoms with E-state index in [1.807, 2.05) is 0 Å². The zero-order valence-electron chi connectivity index (χ0n) is 11.6. The van der Waals surface area contributed by atoms with Crippen LogP contribution in [0, 0.1) is 22.5 Å². The highest BCUT2D eigenvalue weighted by molar-refractivity contribution is 5.60. The Balaban J connectivity index is 2.22. The Morgan fingerprint density at radius 2 is 2.26 bits per heavy atom. The van der Waals surface area contributed by atoms with E-state index in [1.165, 1.54) is 0 Å². The molecular formula is C13H19N3O3. The van der Waals surface area contributed by atoms with Gasteiger partial charge >= 0.3 is 5.69 Å². The molecule has 1 saturated carbocycles. The Labute approximate surface area is 112 Å². The number of rotatable bonds is 4. The Morgan fingerprint density at radius 3 is 2.79 bits per heavy atom. The summed E-state index contributed by atoms with van der Waals surface area (Å²) in [6.45, 7) is 5.89. The summed E-state index contributed by atoms with van der Waals surface area (Å²) in [5.74, 6) is 0.345. The first-order valence-corrected chi connectivity index (χ1v) is 6.27. The summed E-state index contributed by atoms with van der Waals surface area (Å²) in [6.07, 6.45) is 2.59. The van der Waals surface area contributed by atoms with Crippen LogP contribution in [0.2, 0.25) is 0 Å². The number of hydrogen-bond donors (Lipinski definition) is 1. The van der Waals surface area contributed by atoms with Crippen molar-refractivity contribution in [3.05, 3.63) is 27.9 Å². The fraction of sp³-hybridized carbons (Fsp3) is 0.615. The second-order valence-corrected chi connectivity index (χ2v) is 5.56. The molecule has 0 aromatic carbocycles. The molecule has 0 bridgehead atoms. The van der Waals surface area contributed by atoms with Crippen LogP contribution < -0.4 is 5.32 Å².